The van der Waals surface area contributed by atoms with Crippen LogP contribution >= 0.6 is 12.6 Å². The minimum absolute atomic E-state index is 0.128. The third kappa shape index (κ3) is 7.61. The number of nitrogens with two attached hydrogens (primary N) is 1. The van der Waals surface area contributed by atoms with E-state index in [-0.39, 0.29) is 17.6 Å². The van der Waals surface area contributed by atoms with Gasteiger partial charge in [0.05, 0.1) is 6.04 Å². The zero-order chi connectivity index (χ0) is 20.6. The summed E-state index contributed by atoms with van der Waals surface area (Å²) in [7, 11) is 0. The molecule has 0 radical (unpaired) electrons. The Balaban J connectivity index is 4.94. The summed E-state index contributed by atoms with van der Waals surface area (Å²) in [5, 5.41) is 16.5. The molecule has 0 saturated carbocycles. The molecule has 4 unspecified atom stereocenters. The van der Waals surface area contributed by atoms with Gasteiger partial charge in [0.2, 0.25) is 17.7 Å². The molecule has 0 aliphatic rings. The third-order valence-electron chi connectivity index (χ3n) is 3.76. The molecule has 6 N–H and O–H groups in total. The molecule has 0 heterocycles. The Hall–Kier alpha value is -1.81. The molecule has 0 aromatic heterocycles. The Kier molecular flexibility index (Phi) is 10.3. The summed E-state index contributed by atoms with van der Waals surface area (Å²) in [5.74, 6) is -3.28. The summed E-state index contributed by atoms with van der Waals surface area (Å²) in [5.41, 5.74) is 5.59. The molecular weight excluding hydrogens is 360 g/mol. The van der Waals surface area contributed by atoms with E-state index in [1.54, 1.807) is 27.7 Å². The fourth-order valence-electron chi connectivity index (χ4n) is 2.04. The molecule has 150 valence electrons. The summed E-state index contributed by atoms with van der Waals surface area (Å²) in [4.78, 5) is 47.6. The fraction of sp³-hybridized carbons (Fsp3) is 0.750. The van der Waals surface area contributed by atoms with Crippen molar-refractivity contribution >= 4 is 36.3 Å². The average Bonchev–Trinajstić information content (AvgIpc) is 2.54. The van der Waals surface area contributed by atoms with Crippen molar-refractivity contribution in [2.45, 2.75) is 58.8 Å². The minimum Gasteiger partial charge on any atom is -0.480 e. The molecule has 0 aliphatic carbocycles. The molecule has 0 bridgehead atoms. The molecule has 0 spiro atoms. The molecule has 10 heteroatoms. The second-order valence-corrected chi connectivity index (χ2v) is 7.18. The van der Waals surface area contributed by atoms with Gasteiger partial charge in [-0.3, -0.25) is 14.4 Å². The fourth-order valence-corrected chi connectivity index (χ4v) is 2.20. The van der Waals surface area contributed by atoms with Crippen molar-refractivity contribution in [1.29, 1.82) is 0 Å². The predicted octanol–water partition coefficient (Wildman–Crippen LogP) is -0.886. The van der Waals surface area contributed by atoms with Crippen LogP contribution in [0.2, 0.25) is 0 Å². The van der Waals surface area contributed by atoms with Crippen LogP contribution in [0.1, 0.15) is 34.6 Å². The second-order valence-electron chi connectivity index (χ2n) is 6.82. The molecule has 0 fully saturated rings. The van der Waals surface area contributed by atoms with E-state index >= 15 is 0 Å². The average molecular weight is 391 g/mol. The first-order chi connectivity index (χ1) is 11.9. The van der Waals surface area contributed by atoms with Gasteiger partial charge >= 0.3 is 5.97 Å². The lowest BCUT2D eigenvalue weighted by atomic mass is 10.0. The first-order valence-corrected chi connectivity index (χ1v) is 9.05. The van der Waals surface area contributed by atoms with E-state index < -0.39 is 47.9 Å². The maximum Gasteiger partial charge on any atom is 0.326 e. The highest BCUT2D eigenvalue weighted by molar-refractivity contribution is 7.80. The number of carbonyl (C=O) groups excluding carboxylic acids is 3. The molecule has 0 rings (SSSR count). The number of nitrogens with one attached hydrogen (secondary N) is 3. The monoisotopic (exact) mass is 390 g/mol. The van der Waals surface area contributed by atoms with Gasteiger partial charge in [0.15, 0.2) is 0 Å². The largest absolute Gasteiger partial charge is 0.480 e. The van der Waals surface area contributed by atoms with Crippen molar-refractivity contribution in [2.24, 2.45) is 17.6 Å². The van der Waals surface area contributed by atoms with Gasteiger partial charge in [-0.1, -0.05) is 27.7 Å². The highest BCUT2D eigenvalue weighted by Gasteiger charge is 2.30. The number of aliphatic carboxylic acids is 1. The summed E-state index contributed by atoms with van der Waals surface area (Å²) >= 11 is 3.94. The van der Waals surface area contributed by atoms with Crippen LogP contribution in [0, 0.1) is 11.8 Å². The second kappa shape index (κ2) is 11.0. The number of amides is 3. The molecule has 26 heavy (non-hydrogen) atoms. The number of carboxylic acids is 1. The number of hydrogen-bond acceptors (Lipinski definition) is 6. The molecule has 3 amide bonds. The standard InChI is InChI=1S/C16H30N4O5S/c1-7(2)11(19-14(22)10(17)6-26)15(23)18-9(5)13(21)20-12(8(3)4)16(24)25/h7-12,26H,6,17H2,1-5H3,(H,18,23)(H,19,22)(H,20,21)(H,24,25). The summed E-state index contributed by atoms with van der Waals surface area (Å²) < 4.78 is 0. The van der Waals surface area contributed by atoms with E-state index in [0.717, 1.165) is 0 Å². The lowest BCUT2D eigenvalue weighted by Gasteiger charge is -2.26. The van der Waals surface area contributed by atoms with Crippen LogP contribution in [0.25, 0.3) is 0 Å². The highest BCUT2D eigenvalue weighted by atomic mass is 32.1. The van der Waals surface area contributed by atoms with E-state index in [1.165, 1.54) is 6.92 Å². The first kappa shape index (κ1) is 24.2. The van der Waals surface area contributed by atoms with Gasteiger partial charge in [0.1, 0.15) is 18.1 Å². The molecule has 0 aromatic carbocycles. The first-order valence-electron chi connectivity index (χ1n) is 8.42. The molecular formula is C16H30N4O5S. The topological polar surface area (TPSA) is 151 Å². The minimum atomic E-state index is -1.15. The molecule has 0 aromatic rings. The van der Waals surface area contributed by atoms with Crippen molar-refractivity contribution in [3.8, 4) is 0 Å². The Morgan fingerprint density at radius 1 is 0.846 bits per heavy atom. The summed E-state index contributed by atoms with van der Waals surface area (Å²) in [6.45, 7) is 8.24. The summed E-state index contributed by atoms with van der Waals surface area (Å²) in [6.07, 6.45) is 0. The molecule has 4 atom stereocenters. The maximum atomic E-state index is 12.4. The number of carbonyl (C=O) groups is 4. The van der Waals surface area contributed by atoms with Crippen molar-refractivity contribution in [1.82, 2.24) is 16.0 Å². The van der Waals surface area contributed by atoms with E-state index in [2.05, 4.69) is 28.6 Å². The van der Waals surface area contributed by atoms with Gasteiger partial charge < -0.3 is 26.8 Å². The lowest BCUT2D eigenvalue weighted by Crippen LogP contribution is -2.58. The van der Waals surface area contributed by atoms with Gasteiger partial charge in [0.25, 0.3) is 0 Å². The number of thiol groups is 1. The van der Waals surface area contributed by atoms with Crippen LogP contribution in [-0.2, 0) is 19.2 Å². The van der Waals surface area contributed by atoms with Crippen LogP contribution in [0.15, 0.2) is 0 Å². The van der Waals surface area contributed by atoms with Crippen molar-refractivity contribution in [3.63, 3.8) is 0 Å². The quantitative estimate of drug-likeness (QED) is 0.266. The third-order valence-corrected chi connectivity index (χ3v) is 4.16. The lowest BCUT2D eigenvalue weighted by molar-refractivity contribution is -0.143. The number of rotatable bonds is 10. The predicted molar refractivity (Wildman–Crippen MR) is 101 cm³/mol. The smallest absolute Gasteiger partial charge is 0.326 e. The zero-order valence-corrected chi connectivity index (χ0v) is 16.7. The Bertz CT molecular complexity index is 527. The van der Waals surface area contributed by atoms with E-state index in [9.17, 15) is 19.2 Å². The van der Waals surface area contributed by atoms with Crippen LogP contribution in [0.4, 0.5) is 0 Å². The van der Waals surface area contributed by atoms with Gasteiger partial charge in [-0.2, -0.15) is 12.6 Å². The Labute approximate surface area is 159 Å². The maximum absolute atomic E-state index is 12.4. The van der Waals surface area contributed by atoms with Crippen LogP contribution < -0.4 is 21.7 Å². The van der Waals surface area contributed by atoms with Gasteiger partial charge in [0, 0.05) is 5.75 Å². The normalized spacial score (nSPS) is 15.7. The molecule has 0 aliphatic heterocycles. The van der Waals surface area contributed by atoms with Crippen molar-refractivity contribution < 1.29 is 24.3 Å². The summed E-state index contributed by atoms with van der Waals surface area (Å²) in [6, 6.07) is -3.77. The van der Waals surface area contributed by atoms with Crippen molar-refractivity contribution in [2.75, 3.05) is 5.75 Å². The zero-order valence-electron chi connectivity index (χ0n) is 15.8. The van der Waals surface area contributed by atoms with Crippen LogP contribution in [-0.4, -0.2) is 58.7 Å². The molecule has 9 nitrogen and oxygen atoms in total. The highest BCUT2D eigenvalue weighted by Crippen LogP contribution is 2.05. The van der Waals surface area contributed by atoms with Gasteiger partial charge in [-0.15, -0.1) is 0 Å². The van der Waals surface area contributed by atoms with Crippen LogP contribution in [0.5, 0.6) is 0 Å². The van der Waals surface area contributed by atoms with Crippen molar-refractivity contribution in [3.05, 3.63) is 0 Å². The van der Waals surface area contributed by atoms with Gasteiger partial charge in [-0.05, 0) is 18.8 Å². The number of carboxylic acid groups (broad SMARTS) is 1. The van der Waals surface area contributed by atoms with E-state index in [0.29, 0.717) is 0 Å². The van der Waals surface area contributed by atoms with Crippen LogP contribution in [0.3, 0.4) is 0 Å². The number of hydrogen-bond donors (Lipinski definition) is 6. The Morgan fingerprint density at radius 3 is 1.69 bits per heavy atom. The SMILES string of the molecule is CC(NC(=O)C(NC(=O)C(N)CS)C(C)C)C(=O)NC(C(=O)O)C(C)C. The van der Waals surface area contributed by atoms with E-state index in [1.807, 2.05) is 0 Å². The Morgan fingerprint density at radius 2 is 1.31 bits per heavy atom. The molecule has 0 saturated heterocycles. The van der Waals surface area contributed by atoms with E-state index in [4.69, 9.17) is 10.8 Å². The van der Waals surface area contributed by atoms with Gasteiger partial charge in [-0.25, -0.2) is 4.79 Å².